The van der Waals surface area contributed by atoms with Crippen molar-refractivity contribution in [2.45, 2.75) is 18.6 Å². The van der Waals surface area contributed by atoms with Crippen molar-refractivity contribution in [3.63, 3.8) is 0 Å². The molecule has 1 aromatic heterocycles. The van der Waals surface area contributed by atoms with Crippen molar-refractivity contribution in [3.05, 3.63) is 65.5 Å². The van der Waals surface area contributed by atoms with Crippen LogP contribution in [0.1, 0.15) is 22.3 Å². The van der Waals surface area contributed by atoms with E-state index >= 15 is 0 Å². The van der Waals surface area contributed by atoms with Crippen molar-refractivity contribution < 1.29 is 34.4 Å². The van der Waals surface area contributed by atoms with E-state index in [1.807, 2.05) is 0 Å². The van der Waals surface area contributed by atoms with Gasteiger partial charge >= 0.3 is 5.97 Å². The molecule has 1 fully saturated rings. The van der Waals surface area contributed by atoms with Crippen LogP contribution >= 0.6 is 0 Å². The second-order valence-electron chi connectivity index (χ2n) is 9.01. The number of carbonyl (C=O) groups is 2. The molecule has 2 heterocycles. The minimum Gasteiger partial charge on any atom is -0.507 e. The normalized spacial score (nSPS) is 17.2. The lowest BCUT2D eigenvalue weighted by molar-refractivity contribution is -0.141. The number of aromatic amines is 1. The number of amidine groups is 1. The molecule has 0 aliphatic carbocycles. The summed E-state index contributed by atoms with van der Waals surface area (Å²) >= 11 is 0. The number of halogens is 1. The van der Waals surface area contributed by atoms with Gasteiger partial charge < -0.3 is 36.0 Å². The highest BCUT2D eigenvalue weighted by atomic mass is 19.1. The number of benzene rings is 3. The second-order valence-corrected chi connectivity index (χ2v) is 9.01. The van der Waals surface area contributed by atoms with Gasteiger partial charge in [0.1, 0.15) is 35.0 Å². The van der Waals surface area contributed by atoms with Crippen molar-refractivity contribution in [3.8, 4) is 34.0 Å². The number of aliphatic hydroxyl groups is 1. The molecule has 1 aliphatic heterocycles. The first-order chi connectivity index (χ1) is 18.0. The van der Waals surface area contributed by atoms with Crippen molar-refractivity contribution in [2.24, 2.45) is 5.73 Å². The highest BCUT2D eigenvalue weighted by Gasteiger charge is 2.39. The zero-order valence-corrected chi connectivity index (χ0v) is 19.6. The molecule has 4 aromatic rings. The lowest BCUT2D eigenvalue weighted by Crippen LogP contribution is -2.40. The summed E-state index contributed by atoms with van der Waals surface area (Å²) in [5.74, 6) is -3.58. The van der Waals surface area contributed by atoms with E-state index in [1.54, 1.807) is 18.2 Å². The van der Waals surface area contributed by atoms with Gasteiger partial charge in [0.2, 0.25) is 0 Å². The summed E-state index contributed by atoms with van der Waals surface area (Å²) in [6.45, 7) is -0.217. The number of nitrogens with zero attached hydrogens (tertiary/aromatic N) is 2. The van der Waals surface area contributed by atoms with E-state index in [1.165, 1.54) is 12.1 Å². The van der Waals surface area contributed by atoms with Crippen LogP contribution in [-0.2, 0) is 4.79 Å². The largest absolute Gasteiger partial charge is 0.507 e. The number of aliphatic carboxylic acids is 1. The number of likely N-dealkylation sites (tertiary alicyclic amines) is 1. The van der Waals surface area contributed by atoms with Gasteiger partial charge in [0.25, 0.3) is 5.91 Å². The molecule has 3 aromatic carbocycles. The Balaban J connectivity index is 1.71. The van der Waals surface area contributed by atoms with Crippen molar-refractivity contribution in [1.29, 1.82) is 5.41 Å². The van der Waals surface area contributed by atoms with Gasteiger partial charge in [-0.3, -0.25) is 10.2 Å². The molecule has 5 rings (SSSR count). The number of β-amino-alcohol motifs (C(OH)–C–C–N with tert-alkyl or cyclic N) is 1. The molecular weight excluding hydrogens is 497 g/mol. The highest BCUT2D eigenvalue weighted by molar-refractivity contribution is 6.02. The molecule has 2 atom stereocenters. The lowest BCUT2D eigenvalue weighted by atomic mass is 9.96. The number of carboxylic acids is 1. The summed E-state index contributed by atoms with van der Waals surface area (Å²) in [6.07, 6.45) is -1.18. The Labute approximate surface area is 214 Å². The Kier molecular flexibility index (Phi) is 5.96. The molecule has 0 radical (unpaired) electrons. The number of nitrogens with two attached hydrogens (primary N) is 1. The lowest BCUT2D eigenvalue weighted by Gasteiger charge is -2.22. The Hall–Kier alpha value is -4.97. The first-order valence-corrected chi connectivity index (χ1v) is 11.5. The molecule has 1 saturated heterocycles. The van der Waals surface area contributed by atoms with Crippen LogP contribution in [-0.4, -0.2) is 71.7 Å². The second kappa shape index (κ2) is 9.16. The zero-order valence-electron chi connectivity index (χ0n) is 19.6. The Morgan fingerprint density at radius 1 is 1.05 bits per heavy atom. The molecule has 0 unspecified atom stereocenters. The SMILES string of the molecule is N=C(N)c1ccc2nc(-c3cc(C(=O)N4C[C@H](O)C[C@H]4C(=O)O)cc(-c4cc(F)ccc4O)c3O)[nH]c2c1. The van der Waals surface area contributed by atoms with Gasteiger partial charge in [0.15, 0.2) is 0 Å². The fourth-order valence-electron chi connectivity index (χ4n) is 4.61. The molecule has 0 saturated carbocycles. The minimum absolute atomic E-state index is 0.0155. The third kappa shape index (κ3) is 4.26. The quantitative estimate of drug-likeness (QED) is 0.154. The summed E-state index contributed by atoms with van der Waals surface area (Å²) in [4.78, 5) is 33.7. The number of amides is 1. The number of carboxylic acid groups (broad SMARTS) is 1. The molecule has 1 amide bonds. The Morgan fingerprint density at radius 3 is 2.50 bits per heavy atom. The number of phenolic OH excluding ortho intramolecular Hbond substituents is 2. The van der Waals surface area contributed by atoms with Crippen molar-refractivity contribution in [2.75, 3.05) is 6.54 Å². The van der Waals surface area contributed by atoms with Crippen LogP contribution in [0.2, 0.25) is 0 Å². The average molecular weight is 519 g/mol. The number of imidazole rings is 1. The fraction of sp³-hybridized carbons (Fsp3) is 0.154. The number of H-pyrrole nitrogens is 1. The molecule has 0 bridgehead atoms. The molecule has 12 heteroatoms. The first kappa shape index (κ1) is 24.7. The summed E-state index contributed by atoms with van der Waals surface area (Å²) < 4.78 is 14.1. The zero-order chi connectivity index (χ0) is 27.3. The molecule has 1 aliphatic rings. The number of nitrogen functional groups attached to an aromatic ring is 1. The van der Waals surface area contributed by atoms with Crippen LogP contribution in [0.3, 0.4) is 0 Å². The maximum atomic E-state index is 14.1. The summed E-state index contributed by atoms with van der Waals surface area (Å²) in [7, 11) is 0. The van der Waals surface area contributed by atoms with Gasteiger partial charge in [-0.2, -0.15) is 0 Å². The third-order valence-corrected chi connectivity index (χ3v) is 6.48. The van der Waals surface area contributed by atoms with Gasteiger partial charge in [-0.1, -0.05) is 0 Å². The number of nitrogens with one attached hydrogen (secondary N) is 2. The predicted octanol–water partition coefficient (Wildman–Crippen LogP) is 2.39. The first-order valence-electron chi connectivity index (χ1n) is 11.5. The smallest absolute Gasteiger partial charge is 0.326 e. The molecular formula is C26H22FN5O6. The van der Waals surface area contributed by atoms with E-state index in [4.69, 9.17) is 11.1 Å². The average Bonchev–Trinajstić information content (AvgIpc) is 3.48. The van der Waals surface area contributed by atoms with Crippen molar-refractivity contribution >= 4 is 28.7 Å². The number of aromatic hydroxyl groups is 2. The van der Waals surface area contributed by atoms with Gasteiger partial charge in [-0.15, -0.1) is 0 Å². The fourth-order valence-corrected chi connectivity index (χ4v) is 4.61. The Bertz CT molecular complexity index is 1630. The molecule has 194 valence electrons. The Morgan fingerprint density at radius 2 is 1.79 bits per heavy atom. The van der Waals surface area contributed by atoms with Crippen LogP contribution in [0.4, 0.5) is 4.39 Å². The number of hydrogen-bond donors (Lipinski definition) is 7. The topological polar surface area (TPSA) is 197 Å². The van der Waals surface area contributed by atoms with E-state index < -0.39 is 35.6 Å². The van der Waals surface area contributed by atoms with Crippen LogP contribution in [0.25, 0.3) is 33.5 Å². The van der Waals surface area contributed by atoms with Crippen LogP contribution in [0.5, 0.6) is 11.5 Å². The van der Waals surface area contributed by atoms with E-state index in [0.717, 1.165) is 23.1 Å². The predicted molar refractivity (Wildman–Crippen MR) is 134 cm³/mol. The highest BCUT2D eigenvalue weighted by Crippen LogP contribution is 2.42. The number of aliphatic hydroxyl groups excluding tert-OH is 1. The standard InChI is InChI=1S/C26H22FN5O6/c27-13-2-4-21(34)15(8-13)16-5-12(25(36)32-10-14(33)9-20(32)26(37)38)6-17(22(16)35)24-30-18-3-1-11(23(28)29)7-19(18)31-24/h1-8,14,20,33-35H,9-10H2,(H3,28,29)(H,30,31)(H,37,38)/t14-,20+/m1/s1. The number of carbonyl (C=O) groups excluding carboxylic acids is 1. The van der Waals surface area contributed by atoms with E-state index in [9.17, 15) is 34.4 Å². The monoisotopic (exact) mass is 519 g/mol. The third-order valence-electron chi connectivity index (χ3n) is 6.48. The maximum Gasteiger partial charge on any atom is 0.326 e. The van der Waals surface area contributed by atoms with E-state index in [2.05, 4.69) is 9.97 Å². The van der Waals surface area contributed by atoms with Gasteiger partial charge in [-0.05, 0) is 48.5 Å². The van der Waals surface area contributed by atoms with E-state index in [0.29, 0.717) is 16.6 Å². The number of rotatable bonds is 5. The van der Waals surface area contributed by atoms with Gasteiger partial charge in [0, 0.05) is 35.2 Å². The molecule has 8 N–H and O–H groups in total. The summed E-state index contributed by atoms with van der Waals surface area (Å²) in [6, 6.07) is 9.15. The number of aromatic nitrogens is 2. The number of hydrogen-bond acceptors (Lipinski definition) is 7. The summed E-state index contributed by atoms with van der Waals surface area (Å²) in [5, 5.41) is 48.9. The van der Waals surface area contributed by atoms with Gasteiger partial charge in [0.05, 0.1) is 22.7 Å². The summed E-state index contributed by atoms with van der Waals surface area (Å²) in [5.41, 5.74) is 6.67. The van der Waals surface area contributed by atoms with Crippen LogP contribution in [0, 0.1) is 11.2 Å². The van der Waals surface area contributed by atoms with Gasteiger partial charge in [-0.25, -0.2) is 14.2 Å². The van der Waals surface area contributed by atoms with Crippen LogP contribution in [0.15, 0.2) is 48.5 Å². The van der Waals surface area contributed by atoms with Crippen molar-refractivity contribution in [1.82, 2.24) is 14.9 Å². The minimum atomic E-state index is -1.28. The molecule has 11 nitrogen and oxygen atoms in total. The number of phenols is 2. The molecule has 0 spiro atoms. The molecule has 38 heavy (non-hydrogen) atoms. The maximum absolute atomic E-state index is 14.1. The number of fused-ring (bicyclic) bond motifs is 1. The van der Waals surface area contributed by atoms with E-state index in [-0.39, 0.29) is 52.6 Å². The van der Waals surface area contributed by atoms with Crippen LogP contribution < -0.4 is 5.73 Å².